The van der Waals surface area contributed by atoms with Gasteiger partial charge in [-0.1, -0.05) is 20.3 Å². The van der Waals surface area contributed by atoms with E-state index in [0.717, 1.165) is 38.8 Å². The number of carbonyl (C=O) groups excluding carboxylic acids is 1. The SMILES string of the molecule is CCCNC1CCN(C(C)CCC)C1=O. The first-order valence-electron chi connectivity index (χ1n) is 6.24. The molecule has 0 aromatic carbocycles. The van der Waals surface area contributed by atoms with Gasteiger partial charge in [0.2, 0.25) is 5.91 Å². The summed E-state index contributed by atoms with van der Waals surface area (Å²) in [6.07, 6.45) is 4.34. The van der Waals surface area contributed by atoms with E-state index < -0.39 is 0 Å². The molecule has 1 heterocycles. The third-order valence-electron chi connectivity index (χ3n) is 3.12. The van der Waals surface area contributed by atoms with Crippen LogP contribution < -0.4 is 5.32 Å². The summed E-state index contributed by atoms with van der Waals surface area (Å²) < 4.78 is 0. The Balaban J connectivity index is 2.41. The summed E-state index contributed by atoms with van der Waals surface area (Å²) in [4.78, 5) is 14.0. The van der Waals surface area contributed by atoms with Gasteiger partial charge in [0.1, 0.15) is 0 Å². The summed E-state index contributed by atoms with van der Waals surface area (Å²) in [5.41, 5.74) is 0. The lowest BCUT2D eigenvalue weighted by Crippen LogP contribution is -2.41. The average molecular weight is 212 g/mol. The standard InChI is InChI=1S/C12H24N2O/c1-4-6-10(3)14-9-7-11(12(14)15)13-8-5-2/h10-11,13H,4-9H2,1-3H3. The van der Waals surface area contributed by atoms with Crippen LogP contribution in [0, 0.1) is 0 Å². The van der Waals surface area contributed by atoms with E-state index in [9.17, 15) is 4.79 Å². The van der Waals surface area contributed by atoms with Crippen molar-refractivity contribution in [3.8, 4) is 0 Å². The van der Waals surface area contributed by atoms with Crippen molar-refractivity contribution in [2.45, 2.75) is 58.5 Å². The summed E-state index contributed by atoms with van der Waals surface area (Å²) in [5, 5.41) is 3.32. The van der Waals surface area contributed by atoms with Crippen LogP contribution in [0.1, 0.15) is 46.5 Å². The molecule has 2 unspecified atom stereocenters. The summed E-state index contributed by atoms with van der Waals surface area (Å²) in [6, 6.07) is 0.500. The maximum absolute atomic E-state index is 12.0. The monoisotopic (exact) mass is 212 g/mol. The quantitative estimate of drug-likeness (QED) is 0.728. The molecular weight excluding hydrogens is 188 g/mol. The minimum atomic E-state index is 0.0873. The zero-order valence-electron chi connectivity index (χ0n) is 10.3. The van der Waals surface area contributed by atoms with Gasteiger partial charge in [-0.15, -0.1) is 0 Å². The highest BCUT2D eigenvalue weighted by Gasteiger charge is 2.33. The Labute approximate surface area is 93.2 Å². The molecule has 1 aliphatic rings. The topological polar surface area (TPSA) is 32.3 Å². The Bertz CT molecular complexity index is 206. The van der Waals surface area contributed by atoms with Gasteiger partial charge in [0.15, 0.2) is 0 Å². The summed E-state index contributed by atoms with van der Waals surface area (Å²) in [7, 11) is 0. The smallest absolute Gasteiger partial charge is 0.240 e. The van der Waals surface area contributed by atoms with E-state index in [1.807, 2.05) is 4.90 Å². The Hall–Kier alpha value is -0.570. The molecule has 0 aliphatic carbocycles. The molecule has 2 atom stereocenters. The van der Waals surface area contributed by atoms with Crippen LogP contribution in [0.4, 0.5) is 0 Å². The molecule has 0 bridgehead atoms. The molecule has 0 saturated carbocycles. The van der Waals surface area contributed by atoms with Crippen LogP contribution in [0.5, 0.6) is 0 Å². The molecule has 1 saturated heterocycles. The highest BCUT2D eigenvalue weighted by atomic mass is 16.2. The number of hydrogen-bond donors (Lipinski definition) is 1. The number of nitrogens with one attached hydrogen (secondary N) is 1. The number of rotatable bonds is 6. The van der Waals surface area contributed by atoms with Gasteiger partial charge in [0.05, 0.1) is 6.04 Å². The first-order chi connectivity index (χ1) is 7.20. The lowest BCUT2D eigenvalue weighted by Gasteiger charge is -2.24. The van der Waals surface area contributed by atoms with Crippen LogP contribution in [0.2, 0.25) is 0 Å². The Kier molecular flexibility index (Phi) is 5.09. The maximum Gasteiger partial charge on any atom is 0.240 e. The van der Waals surface area contributed by atoms with E-state index in [-0.39, 0.29) is 6.04 Å². The molecule has 3 heteroatoms. The molecule has 1 N–H and O–H groups in total. The third kappa shape index (κ3) is 3.20. The van der Waals surface area contributed by atoms with E-state index in [1.165, 1.54) is 0 Å². The molecular formula is C12H24N2O. The van der Waals surface area contributed by atoms with Gasteiger partial charge < -0.3 is 10.2 Å². The predicted octanol–water partition coefficient (Wildman–Crippen LogP) is 1.78. The van der Waals surface area contributed by atoms with Gasteiger partial charge >= 0.3 is 0 Å². The molecule has 0 aromatic rings. The highest BCUT2D eigenvalue weighted by molar-refractivity contribution is 5.84. The van der Waals surface area contributed by atoms with Crippen molar-refractivity contribution >= 4 is 5.91 Å². The van der Waals surface area contributed by atoms with Crippen molar-refractivity contribution in [1.29, 1.82) is 0 Å². The van der Waals surface area contributed by atoms with Crippen LogP contribution in [0.15, 0.2) is 0 Å². The first kappa shape index (κ1) is 12.5. The number of hydrogen-bond acceptors (Lipinski definition) is 2. The molecule has 1 fully saturated rings. The van der Waals surface area contributed by atoms with E-state index in [0.29, 0.717) is 11.9 Å². The van der Waals surface area contributed by atoms with Crippen molar-refractivity contribution < 1.29 is 4.79 Å². The largest absolute Gasteiger partial charge is 0.339 e. The van der Waals surface area contributed by atoms with Crippen molar-refractivity contribution in [2.75, 3.05) is 13.1 Å². The minimum Gasteiger partial charge on any atom is -0.339 e. The fourth-order valence-corrected chi connectivity index (χ4v) is 2.22. The molecule has 88 valence electrons. The van der Waals surface area contributed by atoms with E-state index in [4.69, 9.17) is 0 Å². The number of nitrogens with zero attached hydrogens (tertiary/aromatic N) is 1. The van der Waals surface area contributed by atoms with Crippen molar-refractivity contribution in [2.24, 2.45) is 0 Å². The lowest BCUT2D eigenvalue weighted by molar-refractivity contribution is -0.131. The summed E-state index contributed by atoms with van der Waals surface area (Å²) in [6.45, 7) is 8.34. The second kappa shape index (κ2) is 6.11. The fraction of sp³-hybridized carbons (Fsp3) is 0.917. The van der Waals surface area contributed by atoms with Crippen LogP contribution in [-0.2, 0) is 4.79 Å². The zero-order chi connectivity index (χ0) is 11.3. The molecule has 3 nitrogen and oxygen atoms in total. The maximum atomic E-state index is 12.0. The average Bonchev–Trinajstić information content (AvgIpc) is 2.57. The molecule has 0 radical (unpaired) electrons. The summed E-state index contributed by atoms with van der Waals surface area (Å²) >= 11 is 0. The number of amides is 1. The molecule has 0 spiro atoms. The lowest BCUT2D eigenvalue weighted by atomic mass is 10.2. The van der Waals surface area contributed by atoms with Gasteiger partial charge in [0.25, 0.3) is 0 Å². The molecule has 1 aliphatic heterocycles. The molecule has 1 amide bonds. The fourth-order valence-electron chi connectivity index (χ4n) is 2.22. The Morgan fingerprint density at radius 3 is 2.80 bits per heavy atom. The van der Waals surface area contributed by atoms with Crippen molar-refractivity contribution in [3.05, 3.63) is 0 Å². The Morgan fingerprint density at radius 1 is 1.47 bits per heavy atom. The van der Waals surface area contributed by atoms with E-state index >= 15 is 0 Å². The first-order valence-corrected chi connectivity index (χ1v) is 6.24. The second-order valence-corrected chi connectivity index (χ2v) is 4.46. The van der Waals surface area contributed by atoms with Crippen LogP contribution in [0.25, 0.3) is 0 Å². The van der Waals surface area contributed by atoms with Crippen LogP contribution in [-0.4, -0.2) is 36.0 Å². The molecule has 0 aromatic heterocycles. The van der Waals surface area contributed by atoms with Gasteiger partial charge in [0, 0.05) is 12.6 Å². The predicted molar refractivity (Wildman–Crippen MR) is 62.8 cm³/mol. The zero-order valence-corrected chi connectivity index (χ0v) is 10.3. The van der Waals surface area contributed by atoms with Crippen molar-refractivity contribution in [3.63, 3.8) is 0 Å². The Morgan fingerprint density at radius 2 is 2.20 bits per heavy atom. The van der Waals surface area contributed by atoms with Gasteiger partial charge in [-0.2, -0.15) is 0 Å². The van der Waals surface area contributed by atoms with Gasteiger partial charge in [-0.3, -0.25) is 4.79 Å². The highest BCUT2D eigenvalue weighted by Crippen LogP contribution is 2.17. The minimum absolute atomic E-state index is 0.0873. The van der Waals surface area contributed by atoms with Crippen LogP contribution >= 0.6 is 0 Å². The van der Waals surface area contributed by atoms with E-state index in [2.05, 4.69) is 26.1 Å². The van der Waals surface area contributed by atoms with Gasteiger partial charge in [-0.25, -0.2) is 0 Å². The number of carbonyl (C=O) groups is 1. The summed E-state index contributed by atoms with van der Waals surface area (Å²) in [5.74, 6) is 0.310. The third-order valence-corrected chi connectivity index (χ3v) is 3.12. The molecule has 1 rings (SSSR count). The van der Waals surface area contributed by atoms with Crippen LogP contribution in [0.3, 0.4) is 0 Å². The number of likely N-dealkylation sites (tertiary alicyclic amines) is 1. The van der Waals surface area contributed by atoms with E-state index in [1.54, 1.807) is 0 Å². The molecule has 15 heavy (non-hydrogen) atoms. The second-order valence-electron chi connectivity index (χ2n) is 4.46. The van der Waals surface area contributed by atoms with Gasteiger partial charge in [-0.05, 0) is 32.7 Å². The normalized spacial score (nSPS) is 23.5. The van der Waals surface area contributed by atoms with Crippen molar-refractivity contribution in [1.82, 2.24) is 10.2 Å².